The van der Waals surface area contributed by atoms with E-state index in [1.54, 1.807) is 30.7 Å². The SMILES string of the molecule is C#Cc1ncc(-c2c(-c3ccc(Oc4nccc(C)n4)c(F)c3)c3c(N)ncnc3n2C)c(OC)c1F. The summed E-state index contributed by atoms with van der Waals surface area (Å²) in [5.74, 6) is 0.663. The zero-order valence-electron chi connectivity index (χ0n) is 20.0. The minimum Gasteiger partial charge on any atom is -0.493 e. The number of methoxy groups -OCH3 is 1. The topological polar surface area (TPSA) is 114 Å². The van der Waals surface area contributed by atoms with E-state index in [4.69, 9.17) is 21.6 Å². The van der Waals surface area contributed by atoms with Gasteiger partial charge in [0.2, 0.25) is 0 Å². The van der Waals surface area contributed by atoms with Crippen molar-refractivity contribution in [2.24, 2.45) is 7.05 Å². The lowest BCUT2D eigenvalue weighted by atomic mass is 9.98. The number of ether oxygens (including phenoxy) is 2. The lowest BCUT2D eigenvalue weighted by molar-refractivity contribution is 0.386. The van der Waals surface area contributed by atoms with E-state index in [-0.39, 0.29) is 34.6 Å². The van der Waals surface area contributed by atoms with E-state index < -0.39 is 11.6 Å². The first-order valence-corrected chi connectivity index (χ1v) is 10.9. The Balaban J connectivity index is 1.75. The Morgan fingerprint density at radius 2 is 1.92 bits per heavy atom. The normalized spacial score (nSPS) is 10.9. The van der Waals surface area contributed by atoms with E-state index in [0.29, 0.717) is 33.5 Å². The molecule has 184 valence electrons. The van der Waals surface area contributed by atoms with Gasteiger partial charge < -0.3 is 19.8 Å². The van der Waals surface area contributed by atoms with Crippen LogP contribution in [0.3, 0.4) is 0 Å². The van der Waals surface area contributed by atoms with Gasteiger partial charge in [-0.15, -0.1) is 6.42 Å². The molecule has 0 radical (unpaired) electrons. The van der Waals surface area contributed by atoms with Crippen LogP contribution in [-0.2, 0) is 7.05 Å². The van der Waals surface area contributed by atoms with Crippen molar-refractivity contribution in [2.45, 2.75) is 6.92 Å². The summed E-state index contributed by atoms with van der Waals surface area (Å²) in [4.78, 5) is 20.6. The predicted octanol–water partition coefficient (Wildman–Crippen LogP) is 4.44. The van der Waals surface area contributed by atoms with E-state index in [1.807, 2.05) is 0 Å². The maximum atomic E-state index is 15.3. The molecule has 0 atom stereocenters. The van der Waals surface area contributed by atoms with Crippen LogP contribution in [-0.4, -0.2) is 36.6 Å². The van der Waals surface area contributed by atoms with E-state index in [0.717, 1.165) is 0 Å². The molecule has 4 aromatic heterocycles. The van der Waals surface area contributed by atoms with E-state index in [2.05, 4.69) is 30.8 Å². The Bertz CT molecular complexity index is 1730. The van der Waals surface area contributed by atoms with Gasteiger partial charge >= 0.3 is 6.01 Å². The fourth-order valence-electron chi connectivity index (χ4n) is 4.12. The van der Waals surface area contributed by atoms with Crippen LogP contribution in [0, 0.1) is 30.9 Å². The van der Waals surface area contributed by atoms with Crippen molar-refractivity contribution in [3.63, 3.8) is 0 Å². The second-order valence-electron chi connectivity index (χ2n) is 7.98. The number of rotatable bonds is 5. The Kier molecular flexibility index (Phi) is 5.85. The number of nitrogens with zero attached hydrogens (tertiary/aromatic N) is 6. The highest BCUT2D eigenvalue weighted by molar-refractivity contribution is 6.08. The van der Waals surface area contributed by atoms with Gasteiger partial charge in [0.15, 0.2) is 28.8 Å². The molecule has 0 aliphatic heterocycles. The molecule has 5 rings (SSSR count). The molecule has 0 bridgehead atoms. The van der Waals surface area contributed by atoms with Gasteiger partial charge in [0, 0.05) is 30.7 Å². The largest absolute Gasteiger partial charge is 0.493 e. The summed E-state index contributed by atoms with van der Waals surface area (Å²) in [6, 6.07) is 6.04. The summed E-state index contributed by atoms with van der Waals surface area (Å²) in [7, 11) is 3.03. The number of halogens is 2. The lowest BCUT2D eigenvalue weighted by Gasteiger charge is -2.14. The van der Waals surface area contributed by atoms with Crippen LogP contribution in [0.5, 0.6) is 17.5 Å². The van der Waals surface area contributed by atoms with Crippen LogP contribution in [0.4, 0.5) is 14.6 Å². The molecule has 0 saturated carbocycles. The van der Waals surface area contributed by atoms with E-state index in [9.17, 15) is 0 Å². The summed E-state index contributed by atoms with van der Waals surface area (Å²) in [6.07, 6.45) is 9.59. The van der Waals surface area contributed by atoms with Crippen molar-refractivity contribution in [2.75, 3.05) is 12.8 Å². The van der Waals surface area contributed by atoms with Crippen molar-refractivity contribution >= 4 is 16.9 Å². The fourth-order valence-corrected chi connectivity index (χ4v) is 4.12. The first kappa shape index (κ1) is 23.6. The van der Waals surface area contributed by atoms with Crippen molar-refractivity contribution in [3.8, 4) is 52.2 Å². The van der Waals surface area contributed by atoms with Gasteiger partial charge in [0.1, 0.15) is 17.8 Å². The molecule has 1 aromatic carbocycles. The van der Waals surface area contributed by atoms with E-state index in [1.165, 1.54) is 38.0 Å². The minimum absolute atomic E-state index is 0.00929. The molecule has 0 amide bonds. The molecular weight excluding hydrogens is 480 g/mol. The maximum Gasteiger partial charge on any atom is 0.322 e. The molecule has 0 unspecified atom stereocenters. The van der Waals surface area contributed by atoms with Gasteiger partial charge in [-0.2, -0.15) is 4.39 Å². The van der Waals surface area contributed by atoms with Crippen molar-refractivity contribution in [1.82, 2.24) is 29.5 Å². The summed E-state index contributed by atoms with van der Waals surface area (Å²) in [6.45, 7) is 1.77. The lowest BCUT2D eigenvalue weighted by Crippen LogP contribution is -2.02. The zero-order chi connectivity index (χ0) is 26.3. The molecule has 5 aromatic rings. The Labute approximate surface area is 210 Å². The van der Waals surface area contributed by atoms with Crippen LogP contribution in [0.2, 0.25) is 0 Å². The number of terminal acetylenes is 1. The standard InChI is InChI=1S/C26H19F2N7O2/c1-5-17-21(28)23(36-4)15(11-31-17)22-19(20-24(29)32-12-33-25(20)35(22)3)14-6-7-18(16(27)10-14)37-26-30-9-8-13(2)34-26/h1,6-12H,2-4H3,(H2,29,32,33). The average Bonchev–Trinajstić information content (AvgIpc) is 3.18. The first-order chi connectivity index (χ1) is 17.8. The first-order valence-electron chi connectivity index (χ1n) is 10.9. The van der Waals surface area contributed by atoms with Crippen LogP contribution in [0.1, 0.15) is 11.4 Å². The number of fused-ring (bicyclic) bond motifs is 1. The van der Waals surface area contributed by atoms with Gasteiger partial charge in [-0.25, -0.2) is 29.3 Å². The van der Waals surface area contributed by atoms with Gasteiger partial charge in [-0.05, 0) is 36.6 Å². The molecule has 0 aliphatic rings. The third-order valence-corrected chi connectivity index (χ3v) is 5.76. The molecule has 0 fully saturated rings. The summed E-state index contributed by atoms with van der Waals surface area (Å²) < 4.78 is 43.0. The van der Waals surface area contributed by atoms with E-state index >= 15 is 8.78 Å². The molecular formula is C26H19F2N7O2. The highest BCUT2D eigenvalue weighted by Gasteiger charge is 2.27. The number of pyridine rings is 1. The van der Waals surface area contributed by atoms with Gasteiger partial charge in [0.25, 0.3) is 0 Å². The number of aromatic nitrogens is 6. The maximum absolute atomic E-state index is 15.3. The molecule has 9 nitrogen and oxygen atoms in total. The quantitative estimate of drug-likeness (QED) is 0.353. The highest BCUT2D eigenvalue weighted by atomic mass is 19.1. The average molecular weight is 499 g/mol. The number of nitrogens with two attached hydrogens (primary N) is 1. The summed E-state index contributed by atoms with van der Waals surface area (Å²) in [5, 5.41) is 0.443. The number of hydrogen-bond acceptors (Lipinski definition) is 8. The molecule has 0 aliphatic carbocycles. The monoisotopic (exact) mass is 499 g/mol. The molecule has 0 spiro atoms. The molecule has 0 saturated heterocycles. The second-order valence-corrected chi connectivity index (χ2v) is 7.98. The third-order valence-electron chi connectivity index (χ3n) is 5.76. The number of aryl methyl sites for hydroxylation is 2. The number of benzene rings is 1. The van der Waals surface area contributed by atoms with Crippen molar-refractivity contribution in [3.05, 3.63) is 66.0 Å². The Hall–Kier alpha value is -5.11. The Morgan fingerprint density at radius 3 is 2.62 bits per heavy atom. The van der Waals surface area contributed by atoms with Crippen molar-refractivity contribution in [1.29, 1.82) is 0 Å². The number of hydrogen-bond donors (Lipinski definition) is 1. The minimum atomic E-state index is -0.800. The molecule has 11 heteroatoms. The highest BCUT2D eigenvalue weighted by Crippen LogP contribution is 2.45. The second kappa shape index (κ2) is 9.16. The smallest absolute Gasteiger partial charge is 0.322 e. The number of nitrogen functional groups attached to an aromatic ring is 1. The molecule has 2 N–H and O–H groups in total. The van der Waals surface area contributed by atoms with Crippen molar-refractivity contribution < 1.29 is 18.3 Å². The van der Waals surface area contributed by atoms with Crippen LogP contribution in [0.15, 0.2) is 43.0 Å². The number of anilines is 1. The zero-order valence-corrected chi connectivity index (χ0v) is 20.0. The fraction of sp³-hybridized carbons (Fsp3) is 0.115. The molecule has 4 heterocycles. The van der Waals surface area contributed by atoms with Crippen LogP contribution < -0.4 is 15.2 Å². The van der Waals surface area contributed by atoms with Gasteiger partial charge in [0.05, 0.1) is 23.8 Å². The van der Waals surface area contributed by atoms with Gasteiger partial charge in [-0.3, -0.25) is 0 Å². The molecule has 37 heavy (non-hydrogen) atoms. The third kappa shape index (κ3) is 3.94. The predicted molar refractivity (Wildman–Crippen MR) is 133 cm³/mol. The van der Waals surface area contributed by atoms with Gasteiger partial charge in [-0.1, -0.05) is 6.07 Å². The summed E-state index contributed by atoms with van der Waals surface area (Å²) in [5.41, 5.74) is 8.68. The van der Waals surface area contributed by atoms with Crippen LogP contribution in [0.25, 0.3) is 33.4 Å². The summed E-state index contributed by atoms with van der Waals surface area (Å²) >= 11 is 0. The van der Waals surface area contributed by atoms with Crippen LogP contribution >= 0.6 is 0 Å². The Morgan fingerprint density at radius 1 is 1.11 bits per heavy atom.